The van der Waals surface area contributed by atoms with Crippen molar-refractivity contribution in [3.63, 3.8) is 0 Å². The van der Waals surface area contributed by atoms with Crippen LogP contribution in [0.15, 0.2) is 22.9 Å². The van der Waals surface area contributed by atoms with Gasteiger partial charge in [-0.15, -0.1) is 0 Å². The first-order valence-electron chi connectivity index (χ1n) is 11.8. The molecule has 0 aliphatic carbocycles. The topological polar surface area (TPSA) is 108 Å². The van der Waals surface area contributed by atoms with Gasteiger partial charge >= 0.3 is 0 Å². The molecule has 3 rings (SSSR count). The molecule has 0 saturated carbocycles. The van der Waals surface area contributed by atoms with E-state index in [0.717, 1.165) is 44.2 Å². The Morgan fingerprint density at radius 1 is 1.28 bits per heavy atom. The normalized spacial score (nSPS) is 17.0. The first-order chi connectivity index (χ1) is 16.9. The number of piperidine rings is 1. The molecule has 8 nitrogen and oxygen atoms in total. The molecular formula is C24H32Cl2N4O4S2. The van der Waals surface area contributed by atoms with E-state index in [9.17, 15) is 18.0 Å². The van der Waals surface area contributed by atoms with Gasteiger partial charge in [-0.25, -0.2) is 13.4 Å². The van der Waals surface area contributed by atoms with Gasteiger partial charge in [-0.2, -0.15) is 11.3 Å². The summed E-state index contributed by atoms with van der Waals surface area (Å²) in [5.74, 6) is -1.07. The highest BCUT2D eigenvalue weighted by Crippen LogP contribution is 2.23. The van der Waals surface area contributed by atoms with Gasteiger partial charge in [-0.1, -0.05) is 23.2 Å². The smallest absolute Gasteiger partial charge is 0.254 e. The molecule has 12 heteroatoms. The molecule has 0 bridgehead atoms. The third-order valence-electron chi connectivity index (χ3n) is 6.37. The van der Waals surface area contributed by atoms with Gasteiger partial charge in [0, 0.05) is 24.9 Å². The number of aryl methyl sites for hydroxylation is 1. The Hall–Kier alpha value is -1.56. The van der Waals surface area contributed by atoms with E-state index in [2.05, 4.69) is 27.4 Å². The van der Waals surface area contributed by atoms with Crippen molar-refractivity contribution in [2.75, 3.05) is 31.6 Å². The number of carbonyl (C=O) groups is 2. The lowest BCUT2D eigenvalue weighted by atomic mass is 9.99. The highest BCUT2D eigenvalue weighted by molar-refractivity contribution is 7.91. The molecular weight excluding hydrogens is 543 g/mol. The van der Waals surface area contributed by atoms with Gasteiger partial charge in [0.25, 0.3) is 5.91 Å². The number of hydrogen-bond donors (Lipinski definition) is 2. The summed E-state index contributed by atoms with van der Waals surface area (Å²) in [6.45, 7) is 6.08. The molecule has 0 radical (unpaired) electrons. The summed E-state index contributed by atoms with van der Waals surface area (Å²) < 4.78 is 23.4. The molecule has 3 heterocycles. The molecule has 1 amide bonds. The number of ketones is 1. The molecule has 2 aromatic heterocycles. The predicted molar refractivity (Wildman–Crippen MR) is 145 cm³/mol. The quantitative estimate of drug-likeness (QED) is 0.394. The van der Waals surface area contributed by atoms with E-state index in [1.165, 1.54) is 11.3 Å². The van der Waals surface area contributed by atoms with E-state index in [4.69, 9.17) is 23.2 Å². The second-order valence-electron chi connectivity index (χ2n) is 9.32. The van der Waals surface area contributed by atoms with Crippen LogP contribution in [0.4, 0.5) is 0 Å². The summed E-state index contributed by atoms with van der Waals surface area (Å²) in [5, 5.41) is 10.5. The fraction of sp³-hybridized carbons (Fsp3) is 0.542. The van der Waals surface area contributed by atoms with Crippen LogP contribution in [0, 0.1) is 6.92 Å². The Morgan fingerprint density at radius 3 is 2.56 bits per heavy atom. The molecule has 36 heavy (non-hydrogen) atoms. The summed E-state index contributed by atoms with van der Waals surface area (Å²) in [4.78, 5) is 31.6. The van der Waals surface area contributed by atoms with Crippen LogP contribution in [0.3, 0.4) is 0 Å². The number of amides is 1. The zero-order valence-corrected chi connectivity index (χ0v) is 23.7. The first kappa shape index (κ1) is 29.0. The zero-order valence-electron chi connectivity index (χ0n) is 20.6. The van der Waals surface area contributed by atoms with Crippen molar-refractivity contribution in [2.24, 2.45) is 0 Å². The summed E-state index contributed by atoms with van der Waals surface area (Å²) in [6, 6.07) is 3.23. The van der Waals surface area contributed by atoms with Gasteiger partial charge in [0.1, 0.15) is 16.1 Å². The SMILES string of the molecule is Cc1cc(Cl)nc(Cl)c1C(=O)NCC[C@@H](C)N1CCC(NC(C(=O)CS(C)(=O)=O)c2ccsc2)CC1. The minimum absolute atomic E-state index is 0.0934. The molecule has 1 saturated heterocycles. The molecule has 1 aliphatic rings. The molecule has 2 aromatic rings. The van der Waals surface area contributed by atoms with Crippen LogP contribution in [-0.4, -0.2) is 73.7 Å². The third kappa shape index (κ3) is 8.22. The maximum absolute atomic E-state index is 12.7. The summed E-state index contributed by atoms with van der Waals surface area (Å²) in [5.41, 5.74) is 1.83. The number of carbonyl (C=O) groups excluding carboxylic acids is 2. The average Bonchev–Trinajstić information content (AvgIpc) is 3.30. The fourth-order valence-corrected chi connectivity index (χ4v) is 6.42. The number of rotatable bonds is 11. The Labute approximate surface area is 226 Å². The number of halogens is 2. The van der Waals surface area contributed by atoms with Gasteiger partial charge < -0.3 is 15.5 Å². The van der Waals surface area contributed by atoms with Crippen LogP contribution in [0.2, 0.25) is 10.3 Å². The molecule has 1 unspecified atom stereocenters. The van der Waals surface area contributed by atoms with Crippen molar-refractivity contribution in [3.05, 3.63) is 49.9 Å². The first-order valence-corrected chi connectivity index (χ1v) is 15.5. The van der Waals surface area contributed by atoms with Crippen LogP contribution >= 0.6 is 34.5 Å². The van der Waals surface area contributed by atoms with Crippen molar-refractivity contribution in [2.45, 2.75) is 51.2 Å². The van der Waals surface area contributed by atoms with Crippen LogP contribution < -0.4 is 10.6 Å². The monoisotopic (exact) mass is 574 g/mol. The molecule has 2 N–H and O–H groups in total. The molecule has 198 valence electrons. The summed E-state index contributed by atoms with van der Waals surface area (Å²) in [6.07, 6.45) is 3.54. The van der Waals surface area contributed by atoms with Crippen molar-refractivity contribution < 1.29 is 18.0 Å². The molecule has 1 fully saturated rings. The minimum Gasteiger partial charge on any atom is -0.352 e. The van der Waals surface area contributed by atoms with E-state index >= 15 is 0 Å². The van der Waals surface area contributed by atoms with Crippen molar-refractivity contribution in [1.29, 1.82) is 0 Å². The zero-order chi connectivity index (χ0) is 26.5. The Kier molecular flexibility index (Phi) is 10.3. The Bertz CT molecular complexity index is 1140. The Morgan fingerprint density at radius 2 is 1.97 bits per heavy atom. The molecule has 0 aromatic carbocycles. The maximum Gasteiger partial charge on any atom is 0.254 e. The van der Waals surface area contributed by atoms with Gasteiger partial charge in [0.2, 0.25) is 0 Å². The number of nitrogens with zero attached hydrogens (tertiary/aromatic N) is 2. The van der Waals surface area contributed by atoms with E-state index in [-0.39, 0.29) is 34.1 Å². The lowest BCUT2D eigenvalue weighted by Crippen LogP contribution is -2.48. The molecule has 1 aliphatic heterocycles. The number of hydrogen-bond acceptors (Lipinski definition) is 8. The van der Waals surface area contributed by atoms with Crippen molar-refractivity contribution in [3.8, 4) is 0 Å². The highest BCUT2D eigenvalue weighted by Gasteiger charge is 2.29. The van der Waals surface area contributed by atoms with E-state index in [0.29, 0.717) is 17.7 Å². The highest BCUT2D eigenvalue weighted by atomic mass is 35.5. The number of sulfone groups is 1. The Balaban J connectivity index is 1.48. The minimum atomic E-state index is -3.40. The summed E-state index contributed by atoms with van der Waals surface area (Å²) in [7, 11) is -3.40. The predicted octanol–water partition coefficient (Wildman–Crippen LogP) is 3.68. The van der Waals surface area contributed by atoms with Gasteiger partial charge in [-0.3, -0.25) is 9.59 Å². The van der Waals surface area contributed by atoms with Gasteiger partial charge in [0.15, 0.2) is 15.6 Å². The lowest BCUT2D eigenvalue weighted by molar-refractivity contribution is -0.119. The van der Waals surface area contributed by atoms with Crippen LogP contribution in [0.5, 0.6) is 0 Å². The van der Waals surface area contributed by atoms with E-state index < -0.39 is 21.6 Å². The van der Waals surface area contributed by atoms with Gasteiger partial charge in [-0.05, 0) is 80.2 Å². The van der Waals surface area contributed by atoms with E-state index in [1.807, 2.05) is 16.8 Å². The lowest BCUT2D eigenvalue weighted by Gasteiger charge is -2.37. The number of thiophene rings is 1. The second-order valence-corrected chi connectivity index (χ2v) is 13.0. The number of likely N-dealkylation sites (tertiary alicyclic amines) is 1. The largest absolute Gasteiger partial charge is 0.352 e. The van der Waals surface area contributed by atoms with Crippen LogP contribution in [-0.2, 0) is 14.6 Å². The summed E-state index contributed by atoms with van der Waals surface area (Å²) >= 11 is 13.5. The molecule has 2 atom stereocenters. The van der Waals surface area contributed by atoms with Crippen LogP contribution in [0.1, 0.15) is 53.7 Å². The van der Waals surface area contributed by atoms with Gasteiger partial charge in [0.05, 0.1) is 11.6 Å². The van der Waals surface area contributed by atoms with Crippen molar-refractivity contribution >= 4 is 56.1 Å². The average molecular weight is 576 g/mol. The second kappa shape index (κ2) is 12.8. The molecule has 0 spiro atoms. The number of Topliss-reactive ketones (excluding diaryl/α,β-unsaturated/α-hetero) is 1. The van der Waals surface area contributed by atoms with Crippen molar-refractivity contribution in [1.82, 2.24) is 20.5 Å². The third-order valence-corrected chi connectivity index (χ3v) is 8.35. The number of aromatic nitrogens is 1. The standard InChI is InChI=1S/C24H32Cl2N4O4S2/c1-15-12-20(25)29-23(26)21(15)24(32)27-8-4-16(2)30-9-5-18(6-10-30)28-22(17-7-11-35-13-17)19(31)14-36(3,33)34/h7,11-13,16,18,22,28H,4-6,8-10,14H2,1-3H3,(H,27,32)/t16-,22?/m1/s1. The van der Waals surface area contributed by atoms with E-state index in [1.54, 1.807) is 13.0 Å². The van der Waals surface area contributed by atoms with Crippen LogP contribution in [0.25, 0.3) is 0 Å². The number of pyridine rings is 1. The fourth-order valence-electron chi connectivity index (χ4n) is 4.43. The maximum atomic E-state index is 12.7. The number of nitrogens with one attached hydrogen (secondary N) is 2.